The third-order valence-corrected chi connectivity index (χ3v) is 1.65. The van der Waals surface area contributed by atoms with E-state index in [1.54, 1.807) is 6.07 Å². The van der Waals surface area contributed by atoms with Crippen LogP contribution in [0.2, 0.25) is 5.02 Å². The summed E-state index contributed by atoms with van der Waals surface area (Å²) < 4.78 is 12.8. The van der Waals surface area contributed by atoms with Crippen molar-refractivity contribution in [2.75, 3.05) is 0 Å². The van der Waals surface area contributed by atoms with Crippen LogP contribution in [0.4, 0.5) is 4.39 Å². The van der Waals surface area contributed by atoms with Crippen LogP contribution in [-0.4, -0.2) is 0 Å². The Bertz CT molecular complexity index is 284. The highest BCUT2D eigenvalue weighted by atomic mass is 35.5. The van der Waals surface area contributed by atoms with E-state index in [0.717, 1.165) is 11.1 Å². The maximum Gasteiger partial charge on any atom is 0.124 e. The van der Waals surface area contributed by atoms with E-state index in [4.69, 9.17) is 11.6 Å². The lowest BCUT2D eigenvalue weighted by Gasteiger charge is -2.01. The molecule has 64 valence electrons. The zero-order chi connectivity index (χ0) is 9.14. The van der Waals surface area contributed by atoms with Gasteiger partial charge in [0.15, 0.2) is 0 Å². The molecular formula is C10H10ClF. The van der Waals surface area contributed by atoms with Crippen LogP contribution in [-0.2, 0) is 6.42 Å². The van der Waals surface area contributed by atoms with Crippen LogP contribution in [0, 0.1) is 5.82 Å². The fourth-order valence-electron chi connectivity index (χ4n) is 1.06. The molecule has 1 rings (SSSR count). The number of rotatable bonds is 2. The average Bonchev–Trinajstić information content (AvgIpc) is 1.81. The van der Waals surface area contributed by atoms with E-state index in [1.165, 1.54) is 12.1 Å². The van der Waals surface area contributed by atoms with Crippen molar-refractivity contribution in [1.82, 2.24) is 0 Å². The Kier molecular flexibility index (Phi) is 2.88. The standard InChI is InChI=1S/C10H10ClF/c1-7(2)3-8-4-9(11)6-10(12)5-8/h4-6H,1,3H2,2H3. The van der Waals surface area contributed by atoms with E-state index in [0.29, 0.717) is 11.4 Å². The molecule has 0 bridgehead atoms. The van der Waals surface area contributed by atoms with Crippen LogP contribution < -0.4 is 0 Å². The zero-order valence-electron chi connectivity index (χ0n) is 6.90. The fourth-order valence-corrected chi connectivity index (χ4v) is 1.31. The molecule has 0 N–H and O–H groups in total. The van der Waals surface area contributed by atoms with E-state index in [9.17, 15) is 4.39 Å². The molecule has 12 heavy (non-hydrogen) atoms. The second-order valence-electron chi connectivity index (χ2n) is 2.91. The second kappa shape index (κ2) is 3.72. The summed E-state index contributed by atoms with van der Waals surface area (Å²) >= 11 is 5.66. The Morgan fingerprint density at radius 3 is 2.67 bits per heavy atom. The van der Waals surface area contributed by atoms with Gasteiger partial charge in [0.25, 0.3) is 0 Å². The summed E-state index contributed by atoms with van der Waals surface area (Å²) in [5.41, 5.74) is 1.86. The highest BCUT2D eigenvalue weighted by Gasteiger charge is 1.98. The Labute approximate surface area is 76.7 Å². The molecule has 0 spiro atoms. The first kappa shape index (κ1) is 9.27. The average molecular weight is 185 g/mol. The molecule has 1 aromatic carbocycles. The molecule has 0 fully saturated rings. The van der Waals surface area contributed by atoms with Crippen molar-refractivity contribution in [3.05, 3.63) is 46.8 Å². The minimum Gasteiger partial charge on any atom is -0.207 e. The molecule has 0 heterocycles. The monoisotopic (exact) mass is 184 g/mol. The summed E-state index contributed by atoms with van der Waals surface area (Å²) in [4.78, 5) is 0. The number of halogens is 2. The van der Waals surface area contributed by atoms with Gasteiger partial charge in [-0.2, -0.15) is 0 Å². The number of benzene rings is 1. The summed E-state index contributed by atoms with van der Waals surface area (Å²) in [6, 6.07) is 4.52. The van der Waals surface area contributed by atoms with Crippen molar-refractivity contribution in [3.8, 4) is 0 Å². The van der Waals surface area contributed by atoms with Gasteiger partial charge in [-0.3, -0.25) is 0 Å². The maximum absolute atomic E-state index is 12.8. The Hall–Kier alpha value is -0.820. The van der Waals surface area contributed by atoms with E-state index in [-0.39, 0.29) is 5.82 Å². The fraction of sp³-hybridized carbons (Fsp3) is 0.200. The van der Waals surface area contributed by atoms with Gasteiger partial charge >= 0.3 is 0 Å². The predicted octanol–water partition coefficient (Wildman–Crippen LogP) is 3.60. The molecule has 0 amide bonds. The summed E-state index contributed by atoms with van der Waals surface area (Å²) in [6.07, 6.45) is 0.678. The second-order valence-corrected chi connectivity index (χ2v) is 3.35. The van der Waals surface area contributed by atoms with E-state index < -0.39 is 0 Å². The van der Waals surface area contributed by atoms with Gasteiger partial charge in [-0.05, 0) is 37.1 Å². The molecule has 0 aliphatic heterocycles. The third kappa shape index (κ3) is 2.67. The van der Waals surface area contributed by atoms with Crippen molar-refractivity contribution in [2.24, 2.45) is 0 Å². The minimum absolute atomic E-state index is 0.293. The Balaban J connectivity index is 2.93. The molecule has 0 saturated carbocycles. The molecule has 0 unspecified atom stereocenters. The first-order valence-corrected chi connectivity index (χ1v) is 4.05. The van der Waals surface area contributed by atoms with E-state index in [1.807, 2.05) is 6.92 Å². The molecule has 0 aromatic heterocycles. The highest BCUT2D eigenvalue weighted by Crippen LogP contribution is 2.16. The van der Waals surface area contributed by atoms with E-state index in [2.05, 4.69) is 6.58 Å². The van der Waals surface area contributed by atoms with E-state index >= 15 is 0 Å². The molecule has 0 saturated heterocycles. The van der Waals surface area contributed by atoms with Crippen LogP contribution in [0.3, 0.4) is 0 Å². The van der Waals surface area contributed by atoms with Crippen LogP contribution in [0.1, 0.15) is 12.5 Å². The molecule has 0 aliphatic rings. The van der Waals surface area contributed by atoms with Crippen molar-refractivity contribution in [3.63, 3.8) is 0 Å². The largest absolute Gasteiger partial charge is 0.207 e. The van der Waals surface area contributed by atoms with Crippen LogP contribution >= 0.6 is 11.6 Å². The first-order chi connectivity index (χ1) is 5.58. The van der Waals surface area contributed by atoms with Crippen molar-refractivity contribution < 1.29 is 4.39 Å². The van der Waals surface area contributed by atoms with Gasteiger partial charge in [0.1, 0.15) is 5.82 Å². The van der Waals surface area contributed by atoms with Crippen molar-refractivity contribution in [1.29, 1.82) is 0 Å². The summed E-state index contributed by atoms with van der Waals surface area (Å²) in [5, 5.41) is 0.436. The van der Waals surface area contributed by atoms with Gasteiger partial charge < -0.3 is 0 Å². The third-order valence-electron chi connectivity index (χ3n) is 1.43. The summed E-state index contributed by atoms with van der Waals surface area (Å²) in [7, 11) is 0. The highest BCUT2D eigenvalue weighted by molar-refractivity contribution is 6.30. The molecular weight excluding hydrogens is 175 g/mol. The van der Waals surface area contributed by atoms with Gasteiger partial charge in [0.2, 0.25) is 0 Å². The number of hydrogen-bond donors (Lipinski definition) is 0. The van der Waals surface area contributed by atoms with Gasteiger partial charge in [-0.1, -0.05) is 23.8 Å². The first-order valence-electron chi connectivity index (χ1n) is 3.67. The number of allylic oxidation sites excluding steroid dienone is 1. The van der Waals surface area contributed by atoms with Crippen LogP contribution in [0.25, 0.3) is 0 Å². The lowest BCUT2D eigenvalue weighted by atomic mass is 10.1. The molecule has 2 heteroatoms. The molecule has 0 nitrogen and oxygen atoms in total. The molecule has 0 radical (unpaired) electrons. The molecule has 1 aromatic rings. The summed E-state index contributed by atoms with van der Waals surface area (Å²) in [5.74, 6) is -0.293. The van der Waals surface area contributed by atoms with Gasteiger partial charge in [0.05, 0.1) is 0 Å². The van der Waals surface area contributed by atoms with Gasteiger partial charge in [0, 0.05) is 5.02 Å². The van der Waals surface area contributed by atoms with Crippen molar-refractivity contribution in [2.45, 2.75) is 13.3 Å². The quantitative estimate of drug-likeness (QED) is 0.617. The topological polar surface area (TPSA) is 0 Å². The van der Waals surface area contributed by atoms with Crippen molar-refractivity contribution >= 4 is 11.6 Å². The SMILES string of the molecule is C=C(C)Cc1cc(F)cc(Cl)c1. The Morgan fingerprint density at radius 1 is 1.50 bits per heavy atom. The minimum atomic E-state index is -0.293. The summed E-state index contributed by atoms with van der Waals surface area (Å²) in [6.45, 7) is 5.65. The van der Waals surface area contributed by atoms with Gasteiger partial charge in [-0.15, -0.1) is 0 Å². The maximum atomic E-state index is 12.8. The zero-order valence-corrected chi connectivity index (χ0v) is 7.66. The Morgan fingerprint density at radius 2 is 2.17 bits per heavy atom. The van der Waals surface area contributed by atoms with Crippen LogP contribution in [0.5, 0.6) is 0 Å². The number of hydrogen-bond acceptors (Lipinski definition) is 0. The predicted molar refractivity (Wildman–Crippen MR) is 49.9 cm³/mol. The molecule has 0 aliphatic carbocycles. The lowest BCUT2D eigenvalue weighted by Crippen LogP contribution is -1.87. The lowest BCUT2D eigenvalue weighted by molar-refractivity contribution is 0.626. The smallest absolute Gasteiger partial charge is 0.124 e. The normalized spacial score (nSPS) is 9.92. The molecule has 0 atom stereocenters. The van der Waals surface area contributed by atoms with Crippen LogP contribution in [0.15, 0.2) is 30.4 Å². The van der Waals surface area contributed by atoms with Gasteiger partial charge in [-0.25, -0.2) is 4.39 Å².